The zero-order valence-corrected chi connectivity index (χ0v) is 16.7. The average Bonchev–Trinajstić information content (AvgIpc) is 2.97. The molecule has 0 aliphatic rings. The summed E-state index contributed by atoms with van der Waals surface area (Å²) in [5.74, 6) is 2.47. The maximum atomic E-state index is 14.4. The topological polar surface area (TPSA) is 28.7 Å². The predicted molar refractivity (Wildman–Crippen MR) is 101 cm³/mol. The van der Waals surface area contributed by atoms with Crippen molar-refractivity contribution in [2.75, 3.05) is 0 Å². The van der Waals surface area contributed by atoms with Gasteiger partial charge in [-0.3, -0.25) is 0 Å². The molecule has 2 heterocycles. The third-order valence-electron chi connectivity index (χ3n) is 4.65. The van der Waals surface area contributed by atoms with Crippen molar-refractivity contribution in [3.05, 3.63) is 51.8 Å². The van der Waals surface area contributed by atoms with Crippen molar-refractivity contribution >= 4 is 26.8 Å². The van der Waals surface area contributed by atoms with Gasteiger partial charge in [0.2, 0.25) is 0 Å². The lowest BCUT2D eigenvalue weighted by atomic mass is 9.95. The number of para-hydroxylation sites is 1. The Kier molecular flexibility index (Phi) is 5.39. The highest BCUT2D eigenvalue weighted by atomic mass is 79.9. The van der Waals surface area contributed by atoms with Crippen LogP contribution in [-0.4, -0.2) is 22.3 Å². The van der Waals surface area contributed by atoms with Gasteiger partial charge in [0.05, 0.1) is 11.4 Å². The third-order valence-corrected chi connectivity index (χ3v) is 5.22. The summed E-state index contributed by atoms with van der Waals surface area (Å²) in [5, 5.41) is 0.742. The molecule has 0 bridgehead atoms. The van der Waals surface area contributed by atoms with Crippen LogP contribution >= 0.6 is 15.9 Å². The second-order valence-electron chi connectivity index (χ2n) is 6.55. The summed E-state index contributed by atoms with van der Waals surface area (Å²) in [6, 6.07) is 7.46. The predicted octanol–water partition coefficient (Wildman–Crippen LogP) is 6.77. The molecule has 10 heteroatoms. The van der Waals surface area contributed by atoms with Gasteiger partial charge in [-0.1, -0.05) is 18.2 Å². The summed E-state index contributed by atoms with van der Waals surface area (Å²) < 4.78 is 92.6. The fourth-order valence-corrected chi connectivity index (χ4v) is 3.96. The van der Waals surface area contributed by atoms with E-state index >= 15 is 0 Å². The monoisotopic (exact) mass is 492 g/mol. The van der Waals surface area contributed by atoms with E-state index in [1.54, 1.807) is 24.3 Å². The summed E-state index contributed by atoms with van der Waals surface area (Å²) in [5.41, 5.74) is -5.62. The minimum absolute atomic E-state index is 0.0489. The van der Waals surface area contributed by atoms with Crippen LogP contribution in [0.5, 0.6) is 0 Å². The number of aromatic amines is 1. The number of hydrogen-bond donors (Lipinski definition) is 1. The number of pyridine rings is 1. The van der Waals surface area contributed by atoms with Crippen LogP contribution in [0.1, 0.15) is 16.8 Å². The van der Waals surface area contributed by atoms with Crippen LogP contribution in [0.15, 0.2) is 34.9 Å². The number of H-pyrrole nitrogens is 1. The summed E-state index contributed by atoms with van der Waals surface area (Å²) in [7, 11) is 0. The molecule has 0 unspecified atom stereocenters. The summed E-state index contributed by atoms with van der Waals surface area (Å²) >= 11 is 2.92. The number of rotatable bonds is 3. The molecule has 2 nitrogen and oxygen atoms in total. The first-order valence-corrected chi connectivity index (χ1v) is 9.15. The Morgan fingerprint density at radius 3 is 2.20 bits per heavy atom. The second kappa shape index (κ2) is 7.30. The molecule has 30 heavy (non-hydrogen) atoms. The van der Waals surface area contributed by atoms with Crippen LogP contribution in [0.4, 0.5) is 30.7 Å². The van der Waals surface area contributed by atoms with Crippen LogP contribution in [0.2, 0.25) is 0 Å². The highest BCUT2D eigenvalue weighted by Gasteiger charge is 2.74. The van der Waals surface area contributed by atoms with E-state index in [0.29, 0.717) is 22.8 Å². The number of aromatic nitrogens is 2. The SMILES string of the molecule is C#CCc1c(-c2c(C)cc(C(F)(C(F)(F)F)C(F)(F)F)nc2Br)[nH]c2ccccc12. The highest BCUT2D eigenvalue weighted by molar-refractivity contribution is 9.10. The van der Waals surface area contributed by atoms with E-state index in [1.807, 2.05) is 0 Å². The van der Waals surface area contributed by atoms with Gasteiger partial charge in [-0.05, 0) is 46.1 Å². The molecule has 2 aromatic heterocycles. The molecule has 3 rings (SSSR count). The number of nitrogens with one attached hydrogen (secondary N) is 1. The third kappa shape index (κ3) is 3.35. The number of benzene rings is 1. The largest absolute Gasteiger partial charge is 0.437 e. The minimum Gasteiger partial charge on any atom is -0.354 e. The molecule has 0 atom stereocenters. The molecule has 0 radical (unpaired) electrons. The van der Waals surface area contributed by atoms with E-state index in [-0.39, 0.29) is 22.2 Å². The van der Waals surface area contributed by atoms with Gasteiger partial charge in [0.15, 0.2) is 0 Å². The minimum atomic E-state index is -6.25. The van der Waals surface area contributed by atoms with Gasteiger partial charge in [0.1, 0.15) is 4.60 Å². The number of halogens is 8. The number of nitrogens with zero attached hydrogens (tertiary/aromatic N) is 1. The van der Waals surface area contributed by atoms with E-state index in [1.165, 1.54) is 6.92 Å². The van der Waals surface area contributed by atoms with Crippen LogP contribution in [0.25, 0.3) is 22.2 Å². The molecule has 0 aliphatic carbocycles. The van der Waals surface area contributed by atoms with Crippen LogP contribution in [-0.2, 0) is 12.1 Å². The van der Waals surface area contributed by atoms with Gasteiger partial charge < -0.3 is 4.98 Å². The number of hydrogen-bond acceptors (Lipinski definition) is 1. The van der Waals surface area contributed by atoms with E-state index < -0.39 is 23.7 Å². The first-order valence-electron chi connectivity index (χ1n) is 8.36. The first kappa shape index (κ1) is 22.2. The van der Waals surface area contributed by atoms with Crippen LogP contribution < -0.4 is 0 Å². The standard InChI is InChI=1S/C20H12BrF7N2/c1-3-6-12-11-7-4-5-8-13(11)29-16(12)15-10(2)9-14(30-17(15)21)18(22,19(23,24)25)20(26,27)28/h1,4-5,7-9,29H,6H2,2H3. The van der Waals surface area contributed by atoms with E-state index in [9.17, 15) is 30.7 Å². The summed E-state index contributed by atoms with van der Waals surface area (Å²) in [6.07, 6.45) is -6.93. The maximum Gasteiger partial charge on any atom is 0.437 e. The molecule has 0 fully saturated rings. The zero-order valence-electron chi connectivity index (χ0n) is 15.1. The molecule has 1 N–H and O–H groups in total. The fourth-order valence-electron chi connectivity index (χ4n) is 3.26. The Labute approximate surface area is 174 Å². The van der Waals surface area contributed by atoms with Gasteiger partial charge in [-0.25, -0.2) is 9.37 Å². The van der Waals surface area contributed by atoms with Gasteiger partial charge >= 0.3 is 18.0 Å². The van der Waals surface area contributed by atoms with Gasteiger partial charge in [0.25, 0.3) is 0 Å². The van der Waals surface area contributed by atoms with Crippen molar-refractivity contribution in [3.63, 3.8) is 0 Å². The highest BCUT2D eigenvalue weighted by Crippen LogP contribution is 2.53. The number of fused-ring (bicyclic) bond motifs is 1. The lowest BCUT2D eigenvalue weighted by Crippen LogP contribution is -2.51. The lowest BCUT2D eigenvalue weighted by molar-refractivity contribution is -0.350. The Morgan fingerprint density at radius 1 is 1.07 bits per heavy atom. The summed E-state index contributed by atoms with van der Waals surface area (Å²) in [6.45, 7) is 1.27. The quantitative estimate of drug-likeness (QED) is 0.244. The fraction of sp³-hybridized carbons (Fsp3) is 0.250. The molecular weight excluding hydrogens is 481 g/mol. The van der Waals surface area contributed by atoms with Crippen molar-refractivity contribution in [1.82, 2.24) is 9.97 Å². The van der Waals surface area contributed by atoms with Crippen molar-refractivity contribution in [2.45, 2.75) is 31.4 Å². The van der Waals surface area contributed by atoms with E-state index in [2.05, 4.69) is 31.8 Å². The Hall–Kier alpha value is -2.54. The average molecular weight is 493 g/mol. The Balaban J connectivity index is 2.29. The smallest absolute Gasteiger partial charge is 0.354 e. The van der Waals surface area contributed by atoms with Crippen molar-refractivity contribution < 1.29 is 30.7 Å². The molecule has 3 aromatic rings. The van der Waals surface area contributed by atoms with E-state index in [4.69, 9.17) is 6.42 Å². The second-order valence-corrected chi connectivity index (χ2v) is 7.30. The van der Waals surface area contributed by atoms with Gasteiger partial charge in [-0.2, -0.15) is 26.3 Å². The summed E-state index contributed by atoms with van der Waals surface area (Å²) in [4.78, 5) is 6.38. The molecule has 0 spiro atoms. The molecule has 0 aliphatic heterocycles. The van der Waals surface area contributed by atoms with Crippen molar-refractivity contribution in [2.24, 2.45) is 0 Å². The van der Waals surface area contributed by atoms with Gasteiger partial charge in [0, 0.05) is 22.9 Å². The molecular formula is C20H12BrF7N2. The zero-order chi connectivity index (χ0) is 22.5. The Morgan fingerprint density at radius 2 is 1.67 bits per heavy atom. The van der Waals surface area contributed by atoms with Crippen LogP contribution in [0, 0.1) is 19.3 Å². The number of alkyl halides is 7. The first-order chi connectivity index (χ1) is 13.8. The number of terminal acetylenes is 1. The van der Waals surface area contributed by atoms with E-state index in [0.717, 1.165) is 5.39 Å². The molecule has 0 amide bonds. The molecule has 158 valence electrons. The van der Waals surface area contributed by atoms with Crippen LogP contribution in [0.3, 0.4) is 0 Å². The molecule has 0 saturated carbocycles. The van der Waals surface area contributed by atoms with Crippen molar-refractivity contribution in [1.29, 1.82) is 0 Å². The lowest BCUT2D eigenvalue weighted by Gasteiger charge is -2.30. The normalized spacial score (nSPS) is 12.9. The maximum absolute atomic E-state index is 14.4. The Bertz CT molecular complexity index is 1120. The van der Waals surface area contributed by atoms with Gasteiger partial charge in [-0.15, -0.1) is 12.3 Å². The molecule has 0 saturated heterocycles. The number of aryl methyl sites for hydroxylation is 1. The van der Waals surface area contributed by atoms with Crippen molar-refractivity contribution in [3.8, 4) is 23.6 Å². The molecule has 1 aromatic carbocycles.